The van der Waals surface area contributed by atoms with Gasteiger partial charge >= 0.3 is 0 Å². The van der Waals surface area contributed by atoms with Crippen molar-refractivity contribution in [3.63, 3.8) is 0 Å². The second-order valence-electron chi connectivity index (χ2n) is 5.74. The van der Waals surface area contributed by atoms with Crippen molar-refractivity contribution in [3.05, 3.63) is 78.4 Å². The molecule has 3 aromatic carbocycles. The van der Waals surface area contributed by atoms with Gasteiger partial charge in [0.2, 0.25) is 0 Å². The molecule has 0 aliphatic rings. The van der Waals surface area contributed by atoms with Crippen LogP contribution in [0.5, 0.6) is 11.5 Å². The standard InChI is InChI=1S/C20H18O3S/c1-15-3-5-16(6-4-15)17-7-9-18(10-8-17)23-19-11-13-20(14-12-19)24(2,21)22/h3-14H,1-2H3. The molecule has 0 spiro atoms. The Bertz CT molecular complexity index is 924. The highest BCUT2D eigenvalue weighted by atomic mass is 32.2. The summed E-state index contributed by atoms with van der Waals surface area (Å²) in [5.74, 6) is 1.31. The Morgan fingerprint density at radius 1 is 0.667 bits per heavy atom. The number of aryl methyl sites for hydroxylation is 1. The molecule has 0 N–H and O–H groups in total. The smallest absolute Gasteiger partial charge is 0.175 e. The highest BCUT2D eigenvalue weighted by Crippen LogP contribution is 2.26. The maximum Gasteiger partial charge on any atom is 0.175 e. The molecule has 0 saturated carbocycles. The van der Waals surface area contributed by atoms with Gasteiger partial charge in [0.05, 0.1) is 4.90 Å². The highest BCUT2D eigenvalue weighted by molar-refractivity contribution is 7.90. The van der Waals surface area contributed by atoms with Crippen LogP contribution in [-0.4, -0.2) is 14.7 Å². The highest BCUT2D eigenvalue weighted by Gasteiger charge is 2.07. The first kappa shape index (κ1) is 16.3. The second-order valence-corrected chi connectivity index (χ2v) is 7.75. The van der Waals surface area contributed by atoms with Crippen molar-refractivity contribution in [3.8, 4) is 22.6 Å². The fourth-order valence-corrected chi connectivity index (χ4v) is 2.98. The van der Waals surface area contributed by atoms with Crippen LogP contribution in [0.15, 0.2) is 77.7 Å². The van der Waals surface area contributed by atoms with Crippen LogP contribution in [0.2, 0.25) is 0 Å². The minimum atomic E-state index is -3.19. The molecule has 3 nitrogen and oxygen atoms in total. The van der Waals surface area contributed by atoms with Crippen LogP contribution in [0, 0.1) is 6.92 Å². The lowest BCUT2D eigenvalue weighted by atomic mass is 10.0. The molecule has 0 fully saturated rings. The Balaban J connectivity index is 1.75. The van der Waals surface area contributed by atoms with E-state index in [4.69, 9.17) is 4.74 Å². The molecular weight excluding hydrogens is 320 g/mol. The predicted octanol–water partition coefficient (Wildman–Crippen LogP) is 4.86. The Labute approximate surface area is 142 Å². The van der Waals surface area contributed by atoms with E-state index in [1.807, 2.05) is 24.3 Å². The van der Waals surface area contributed by atoms with Crippen molar-refractivity contribution < 1.29 is 13.2 Å². The molecule has 0 aliphatic carbocycles. The van der Waals surface area contributed by atoms with Crippen LogP contribution >= 0.6 is 0 Å². The topological polar surface area (TPSA) is 43.4 Å². The van der Waals surface area contributed by atoms with Crippen LogP contribution in [-0.2, 0) is 9.84 Å². The molecule has 3 aromatic rings. The summed E-state index contributed by atoms with van der Waals surface area (Å²) >= 11 is 0. The zero-order chi connectivity index (χ0) is 17.2. The van der Waals surface area contributed by atoms with E-state index in [0.29, 0.717) is 11.5 Å². The number of hydrogen-bond acceptors (Lipinski definition) is 3. The van der Waals surface area contributed by atoms with Gasteiger partial charge in [-0.15, -0.1) is 0 Å². The first-order chi connectivity index (χ1) is 11.4. The van der Waals surface area contributed by atoms with Crippen LogP contribution in [0.3, 0.4) is 0 Å². The SMILES string of the molecule is Cc1ccc(-c2ccc(Oc3ccc(S(C)(=O)=O)cc3)cc2)cc1. The average Bonchev–Trinajstić information content (AvgIpc) is 2.56. The van der Waals surface area contributed by atoms with E-state index >= 15 is 0 Å². The third kappa shape index (κ3) is 3.84. The number of rotatable bonds is 4. The fourth-order valence-electron chi connectivity index (χ4n) is 2.35. The van der Waals surface area contributed by atoms with Gasteiger partial charge in [-0.25, -0.2) is 8.42 Å². The molecule has 0 bridgehead atoms. The Hall–Kier alpha value is -2.59. The molecule has 0 atom stereocenters. The zero-order valence-corrected chi connectivity index (χ0v) is 14.4. The van der Waals surface area contributed by atoms with E-state index in [1.165, 1.54) is 11.8 Å². The molecule has 0 heterocycles. The maximum absolute atomic E-state index is 11.5. The predicted molar refractivity (Wildman–Crippen MR) is 96.2 cm³/mol. The summed E-state index contributed by atoms with van der Waals surface area (Å²) in [7, 11) is -3.19. The Morgan fingerprint density at radius 3 is 1.54 bits per heavy atom. The maximum atomic E-state index is 11.5. The summed E-state index contributed by atoms with van der Waals surface area (Å²) < 4.78 is 28.7. The summed E-state index contributed by atoms with van der Waals surface area (Å²) in [5.41, 5.74) is 3.51. The zero-order valence-electron chi connectivity index (χ0n) is 13.6. The molecule has 0 unspecified atom stereocenters. The molecule has 122 valence electrons. The van der Waals surface area contributed by atoms with Crippen molar-refractivity contribution in [2.24, 2.45) is 0 Å². The van der Waals surface area contributed by atoms with Crippen LogP contribution in [0.1, 0.15) is 5.56 Å². The van der Waals surface area contributed by atoms with Gasteiger partial charge < -0.3 is 4.74 Å². The molecule has 0 saturated heterocycles. The van der Waals surface area contributed by atoms with Crippen molar-refractivity contribution in [1.29, 1.82) is 0 Å². The molecule has 0 amide bonds. The average molecular weight is 338 g/mol. The molecule has 0 radical (unpaired) electrons. The van der Waals surface area contributed by atoms with E-state index in [0.717, 1.165) is 11.1 Å². The third-order valence-electron chi connectivity index (χ3n) is 3.73. The van der Waals surface area contributed by atoms with Gasteiger partial charge in [0.1, 0.15) is 11.5 Å². The van der Waals surface area contributed by atoms with Crippen molar-refractivity contribution in [1.82, 2.24) is 0 Å². The van der Waals surface area contributed by atoms with E-state index in [2.05, 4.69) is 31.2 Å². The van der Waals surface area contributed by atoms with Gasteiger partial charge in [-0.1, -0.05) is 42.0 Å². The van der Waals surface area contributed by atoms with Gasteiger partial charge in [-0.3, -0.25) is 0 Å². The summed E-state index contributed by atoms with van der Waals surface area (Å²) in [6.45, 7) is 2.07. The van der Waals surface area contributed by atoms with Crippen molar-refractivity contribution in [2.45, 2.75) is 11.8 Å². The minimum Gasteiger partial charge on any atom is -0.457 e. The lowest BCUT2D eigenvalue weighted by Crippen LogP contribution is -1.96. The summed E-state index contributed by atoms with van der Waals surface area (Å²) in [6, 6.07) is 22.6. The number of hydrogen-bond donors (Lipinski definition) is 0. The number of sulfone groups is 1. The number of ether oxygens (including phenoxy) is 1. The van der Waals surface area contributed by atoms with Crippen LogP contribution < -0.4 is 4.74 Å². The van der Waals surface area contributed by atoms with Gasteiger partial charge in [-0.2, -0.15) is 0 Å². The lowest BCUT2D eigenvalue weighted by Gasteiger charge is -2.08. The summed E-state index contributed by atoms with van der Waals surface area (Å²) in [4.78, 5) is 0.282. The third-order valence-corrected chi connectivity index (χ3v) is 4.86. The van der Waals surface area contributed by atoms with Crippen molar-refractivity contribution >= 4 is 9.84 Å². The fraction of sp³-hybridized carbons (Fsp3) is 0.100. The van der Waals surface area contributed by atoms with E-state index in [1.54, 1.807) is 24.3 Å². The molecule has 3 rings (SSSR count). The van der Waals surface area contributed by atoms with E-state index < -0.39 is 9.84 Å². The molecule has 0 aliphatic heterocycles. The van der Waals surface area contributed by atoms with Crippen LogP contribution in [0.25, 0.3) is 11.1 Å². The number of benzene rings is 3. The van der Waals surface area contributed by atoms with Gasteiger partial charge in [-0.05, 0) is 54.4 Å². The second kappa shape index (κ2) is 6.49. The molecule has 4 heteroatoms. The van der Waals surface area contributed by atoms with Crippen LogP contribution in [0.4, 0.5) is 0 Å². The minimum absolute atomic E-state index is 0.282. The molecular formula is C20H18O3S. The van der Waals surface area contributed by atoms with Gasteiger partial charge in [0, 0.05) is 6.26 Å². The molecule has 24 heavy (non-hydrogen) atoms. The monoisotopic (exact) mass is 338 g/mol. The first-order valence-electron chi connectivity index (χ1n) is 7.57. The Kier molecular flexibility index (Phi) is 4.40. The van der Waals surface area contributed by atoms with Gasteiger partial charge in [0.15, 0.2) is 9.84 Å². The van der Waals surface area contributed by atoms with Gasteiger partial charge in [0.25, 0.3) is 0 Å². The Morgan fingerprint density at radius 2 is 1.08 bits per heavy atom. The van der Waals surface area contributed by atoms with Crippen molar-refractivity contribution in [2.75, 3.05) is 6.26 Å². The molecule has 0 aromatic heterocycles. The first-order valence-corrected chi connectivity index (χ1v) is 9.46. The van der Waals surface area contributed by atoms with E-state index in [9.17, 15) is 8.42 Å². The lowest BCUT2D eigenvalue weighted by molar-refractivity contribution is 0.482. The normalized spacial score (nSPS) is 11.2. The summed E-state index contributed by atoms with van der Waals surface area (Å²) in [6.07, 6.45) is 1.19. The largest absolute Gasteiger partial charge is 0.457 e. The summed E-state index contributed by atoms with van der Waals surface area (Å²) in [5, 5.41) is 0. The quantitative estimate of drug-likeness (QED) is 0.682. The van der Waals surface area contributed by atoms with E-state index in [-0.39, 0.29) is 4.90 Å².